The predicted molar refractivity (Wildman–Crippen MR) is 68.0 cm³/mol. The van der Waals surface area contributed by atoms with Gasteiger partial charge in [0.1, 0.15) is 0 Å². The van der Waals surface area contributed by atoms with Crippen molar-refractivity contribution in [1.29, 1.82) is 0 Å². The molecule has 0 saturated heterocycles. The maximum Gasteiger partial charge on any atom is 0.160 e. The van der Waals surface area contributed by atoms with Crippen LogP contribution in [0.1, 0.15) is 24.6 Å². The molecule has 0 atom stereocenters. The van der Waals surface area contributed by atoms with Gasteiger partial charge < -0.3 is 5.32 Å². The molecule has 0 amide bonds. The first kappa shape index (κ1) is 10.3. The number of aromatic nitrogens is 3. The van der Waals surface area contributed by atoms with Gasteiger partial charge in [0.2, 0.25) is 0 Å². The second-order valence-electron chi connectivity index (χ2n) is 4.49. The van der Waals surface area contributed by atoms with Gasteiger partial charge in [0, 0.05) is 31.3 Å². The summed E-state index contributed by atoms with van der Waals surface area (Å²) in [5.41, 5.74) is 2.20. The molecule has 0 spiro atoms. The van der Waals surface area contributed by atoms with Crippen LogP contribution in [-0.2, 0) is 7.05 Å². The minimum atomic E-state index is 0.594. The van der Waals surface area contributed by atoms with Gasteiger partial charge in [-0.3, -0.25) is 0 Å². The normalized spacial score (nSPS) is 14.9. The highest BCUT2D eigenvalue weighted by Crippen LogP contribution is 2.39. The van der Waals surface area contributed by atoms with Crippen LogP contribution < -0.4 is 5.32 Å². The van der Waals surface area contributed by atoms with Crippen LogP contribution in [0, 0.1) is 0 Å². The molecule has 0 unspecified atom stereocenters. The minimum Gasteiger partial charge on any atom is -0.388 e. The predicted octanol–water partition coefficient (Wildman–Crippen LogP) is 2.40. The number of anilines is 1. The Balaban J connectivity index is 2.07. The molecule has 88 valence electrons. The van der Waals surface area contributed by atoms with E-state index in [1.807, 2.05) is 30.9 Å². The van der Waals surface area contributed by atoms with Crippen molar-refractivity contribution in [1.82, 2.24) is 14.8 Å². The molecule has 4 nitrogen and oxygen atoms in total. The molecule has 1 aliphatic carbocycles. The summed E-state index contributed by atoms with van der Waals surface area (Å²) in [6.45, 7) is 0. The zero-order valence-electron chi connectivity index (χ0n) is 10.1. The molecule has 2 aromatic rings. The molecule has 17 heavy (non-hydrogen) atoms. The van der Waals surface area contributed by atoms with E-state index in [0.29, 0.717) is 5.92 Å². The fraction of sp³-hybridized carbons (Fsp3) is 0.385. The Labute approximate surface area is 101 Å². The number of hydrogen-bond donors (Lipinski definition) is 1. The van der Waals surface area contributed by atoms with E-state index in [0.717, 1.165) is 22.9 Å². The Morgan fingerprint density at radius 1 is 1.29 bits per heavy atom. The van der Waals surface area contributed by atoms with Gasteiger partial charge in [-0.05, 0) is 25.0 Å². The second-order valence-corrected chi connectivity index (χ2v) is 4.49. The van der Waals surface area contributed by atoms with Crippen LogP contribution in [0.2, 0.25) is 0 Å². The lowest BCUT2D eigenvalue weighted by molar-refractivity contribution is 0.750. The van der Waals surface area contributed by atoms with E-state index in [-0.39, 0.29) is 0 Å². The van der Waals surface area contributed by atoms with Gasteiger partial charge in [-0.2, -0.15) is 5.10 Å². The summed E-state index contributed by atoms with van der Waals surface area (Å²) in [7, 11) is 3.89. The molecule has 1 heterocycles. The molecule has 1 saturated carbocycles. The van der Waals surface area contributed by atoms with Gasteiger partial charge in [-0.25, -0.2) is 9.67 Å². The Kier molecular flexibility index (Phi) is 2.35. The number of nitrogens with one attached hydrogen (secondary N) is 1. The highest BCUT2D eigenvalue weighted by atomic mass is 15.3. The number of benzene rings is 1. The Morgan fingerprint density at radius 2 is 2.06 bits per heavy atom. The third kappa shape index (κ3) is 1.79. The maximum atomic E-state index is 4.66. The molecular formula is C13H16N4. The third-order valence-electron chi connectivity index (χ3n) is 3.16. The minimum absolute atomic E-state index is 0.594. The van der Waals surface area contributed by atoms with Crippen molar-refractivity contribution in [2.45, 2.75) is 18.8 Å². The van der Waals surface area contributed by atoms with Gasteiger partial charge in [0.25, 0.3) is 0 Å². The molecule has 1 N–H and O–H groups in total. The quantitative estimate of drug-likeness (QED) is 0.877. The smallest absolute Gasteiger partial charge is 0.160 e. The lowest BCUT2D eigenvalue weighted by Crippen LogP contribution is -1.98. The third-order valence-corrected chi connectivity index (χ3v) is 3.16. The summed E-state index contributed by atoms with van der Waals surface area (Å²) in [4.78, 5) is 4.66. The number of rotatable bonds is 3. The fourth-order valence-corrected chi connectivity index (χ4v) is 2.05. The van der Waals surface area contributed by atoms with E-state index in [1.54, 1.807) is 0 Å². The molecule has 1 fully saturated rings. The van der Waals surface area contributed by atoms with Crippen LogP contribution in [0.25, 0.3) is 11.4 Å². The zero-order chi connectivity index (χ0) is 11.8. The highest BCUT2D eigenvalue weighted by molar-refractivity contribution is 5.73. The van der Waals surface area contributed by atoms with E-state index in [9.17, 15) is 0 Å². The second kappa shape index (κ2) is 3.87. The van der Waals surface area contributed by atoms with Crippen LogP contribution >= 0.6 is 0 Å². The standard InChI is InChI=1S/C13H16N4/c1-14-11-6-4-3-5-10(11)13-15-12(9-7-8-9)16-17(13)2/h3-6,9,14H,7-8H2,1-2H3. The molecule has 4 heteroatoms. The van der Waals surface area contributed by atoms with E-state index in [2.05, 4.69) is 27.5 Å². The molecule has 1 aromatic heterocycles. The fourth-order valence-electron chi connectivity index (χ4n) is 2.05. The lowest BCUT2D eigenvalue weighted by atomic mass is 10.1. The first-order valence-electron chi connectivity index (χ1n) is 5.97. The first-order chi connectivity index (χ1) is 8.29. The van der Waals surface area contributed by atoms with Crippen molar-refractivity contribution >= 4 is 5.69 Å². The van der Waals surface area contributed by atoms with E-state index in [1.165, 1.54) is 12.8 Å². The van der Waals surface area contributed by atoms with E-state index < -0.39 is 0 Å². The lowest BCUT2D eigenvalue weighted by Gasteiger charge is -2.07. The first-order valence-corrected chi connectivity index (χ1v) is 5.97. The topological polar surface area (TPSA) is 42.7 Å². The van der Waals surface area contributed by atoms with Crippen LogP contribution in [-0.4, -0.2) is 21.8 Å². The molecule has 0 bridgehead atoms. The molecule has 0 aliphatic heterocycles. The van der Waals surface area contributed by atoms with Crippen molar-refractivity contribution in [2.75, 3.05) is 12.4 Å². The van der Waals surface area contributed by atoms with Crippen LogP contribution in [0.15, 0.2) is 24.3 Å². The van der Waals surface area contributed by atoms with Crippen LogP contribution in [0.3, 0.4) is 0 Å². The Morgan fingerprint density at radius 3 is 2.76 bits per heavy atom. The molecular weight excluding hydrogens is 212 g/mol. The molecule has 3 rings (SSSR count). The Bertz CT molecular complexity index is 540. The van der Waals surface area contributed by atoms with Crippen LogP contribution in [0.5, 0.6) is 0 Å². The monoisotopic (exact) mass is 228 g/mol. The largest absolute Gasteiger partial charge is 0.388 e. The zero-order valence-corrected chi connectivity index (χ0v) is 10.1. The molecule has 1 aliphatic rings. The summed E-state index contributed by atoms with van der Waals surface area (Å²) < 4.78 is 1.88. The van der Waals surface area contributed by atoms with Gasteiger partial charge >= 0.3 is 0 Å². The Hall–Kier alpha value is -1.84. The van der Waals surface area contributed by atoms with Crippen molar-refractivity contribution in [3.05, 3.63) is 30.1 Å². The number of hydrogen-bond acceptors (Lipinski definition) is 3. The number of aryl methyl sites for hydroxylation is 1. The molecule has 1 aromatic carbocycles. The summed E-state index contributed by atoms with van der Waals surface area (Å²) >= 11 is 0. The highest BCUT2D eigenvalue weighted by Gasteiger charge is 2.28. The summed E-state index contributed by atoms with van der Waals surface area (Å²) in [5.74, 6) is 2.53. The maximum absolute atomic E-state index is 4.66. The summed E-state index contributed by atoms with van der Waals surface area (Å²) in [6, 6.07) is 8.18. The van der Waals surface area contributed by atoms with Gasteiger partial charge in [0.05, 0.1) is 0 Å². The van der Waals surface area contributed by atoms with E-state index >= 15 is 0 Å². The number of nitrogens with zero attached hydrogens (tertiary/aromatic N) is 3. The van der Waals surface area contributed by atoms with Gasteiger partial charge in [-0.15, -0.1) is 0 Å². The van der Waals surface area contributed by atoms with Crippen LogP contribution in [0.4, 0.5) is 5.69 Å². The summed E-state index contributed by atoms with van der Waals surface area (Å²) in [5, 5.41) is 7.70. The average Bonchev–Trinajstić information content (AvgIpc) is 3.13. The molecule has 0 radical (unpaired) electrons. The van der Waals surface area contributed by atoms with Crippen molar-refractivity contribution in [3.63, 3.8) is 0 Å². The number of para-hydroxylation sites is 1. The van der Waals surface area contributed by atoms with E-state index in [4.69, 9.17) is 0 Å². The van der Waals surface area contributed by atoms with Crippen molar-refractivity contribution in [2.24, 2.45) is 7.05 Å². The van der Waals surface area contributed by atoms with Gasteiger partial charge in [-0.1, -0.05) is 12.1 Å². The van der Waals surface area contributed by atoms with Crippen molar-refractivity contribution < 1.29 is 0 Å². The average molecular weight is 228 g/mol. The SMILES string of the molecule is CNc1ccccc1-c1nc(C2CC2)nn1C. The summed E-state index contributed by atoms with van der Waals surface area (Å²) in [6.07, 6.45) is 2.47. The van der Waals surface area contributed by atoms with Crippen molar-refractivity contribution in [3.8, 4) is 11.4 Å². The van der Waals surface area contributed by atoms with Gasteiger partial charge in [0.15, 0.2) is 11.6 Å².